The van der Waals surface area contributed by atoms with Crippen molar-refractivity contribution in [2.24, 2.45) is 0 Å². The molecule has 0 saturated heterocycles. The molecule has 0 unspecified atom stereocenters. The molecule has 0 bridgehead atoms. The number of rotatable bonds is 6. The van der Waals surface area contributed by atoms with Gasteiger partial charge in [0, 0.05) is 12.6 Å². The van der Waals surface area contributed by atoms with Crippen molar-refractivity contribution >= 4 is 17.6 Å². The number of benzene rings is 1. The van der Waals surface area contributed by atoms with Crippen molar-refractivity contribution < 1.29 is 19.4 Å². The van der Waals surface area contributed by atoms with Crippen LogP contribution in [0, 0.1) is 0 Å². The molecule has 110 valence electrons. The van der Waals surface area contributed by atoms with Gasteiger partial charge in [-0.05, 0) is 18.2 Å². The summed E-state index contributed by atoms with van der Waals surface area (Å²) in [5, 5.41) is 19.0. The third-order valence-electron chi connectivity index (χ3n) is 2.76. The zero-order valence-corrected chi connectivity index (χ0v) is 11.3. The highest BCUT2D eigenvalue weighted by Gasteiger charge is 2.11. The van der Waals surface area contributed by atoms with Crippen LogP contribution in [0.15, 0.2) is 30.6 Å². The van der Waals surface area contributed by atoms with E-state index >= 15 is 0 Å². The highest BCUT2D eigenvalue weighted by atomic mass is 16.5. The molecule has 0 aliphatic rings. The smallest absolute Gasteiger partial charge is 0.335 e. The van der Waals surface area contributed by atoms with Crippen LogP contribution in [0.5, 0.6) is 5.75 Å². The first kappa shape index (κ1) is 14.5. The maximum Gasteiger partial charge on any atom is 0.335 e. The average molecular weight is 290 g/mol. The Morgan fingerprint density at radius 2 is 2.24 bits per heavy atom. The monoisotopic (exact) mass is 290 g/mol. The summed E-state index contributed by atoms with van der Waals surface area (Å²) in [6, 6.07) is 4.26. The van der Waals surface area contributed by atoms with Crippen LogP contribution in [0.1, 0.15) is 16.8 Å². The number of ether oxygens (including phenoxy) is 1. The van der Waals surface area contributed by atoms with Gasteiger partial charge in [0.05, 0.1) is 31.1 Å². The van der Waals surface area contributed by atoms with Gasteiger partial charge < -0.3 is 15.2 Å². The van der Waals surface area contributed by atoms with E-state index in [0.29, 0.717) is 18.0 Å². The Kier molecular flexibility index (Phi) is 4.50. The van der Waals surface area contributed by atoms with Crippen molar-refractivity contribution in [3.05, 3.63) is 36.2 Å². The largest absolute Gasteiger partial charge is 0.495 e. The summed E-state index contributed by atoms with van der Waals surface area (Å²) in [6.45, 7) is 0.382. The van der Waals surface area contributed by atoms with E-state index in [1.807, 2.05) is 0 Å². The van der Waals surface area contributed by atoms with Crippen LogP contribution in [0.25, 0.3) is 0 Å². The van der Waals surface area contributed by atoms with Crippen molar-refractivity contribution in [1.29, 1.82) is 0 Å². The average Bonchev–Trinajstić information content (AvgIpc) is 2.98. The summed E-state index contributed by atoms with van der Waals surface area (Å²) in [4.78, 5) is 22.8. The number of carbonyl (C=O) groups is 2. The molecule has 0 aliphatic heterocycles. The number of aromatic carboxylic acids is 1. The van der Waals surface area contributed by atoms with Gasteiger partial charge in [-0.3, -0.25) is 9.48 Å². The van der Waals surface area contributed by atoms with Gasteiger partial charge in [-0.25, -0.2) is 4.79 Å². The fourth-order valence-corrected chi connectivity index (χ4v) is 1.72. The molecule has 0 spiro atoms. The molecule has 8 nitrogen and oxygen atoms in total. The van der Waals surface area contributed by atoms with Gasteiger partial charge in [-0.2, -0.15) is 0 Å². The molecule has 1 aromatic carbocycles. The zero-order chi connectivity index (χ0) is 15.2. The molecular formula is C13H14N4O4. The van der Waals surface area contributed by atoms with Crippen molar-refractivity contribution in [2.75, 3.05) is 12.4 Å². The van der Waals surface area contributed by atoms with Gasteiger partial charge in [-0.15, -0.1) is 5.10 Å². The van der Waals surface area contributed by atoms with E-state index in [1.54, 1.807) is 6.20 Å². The Morgan fingerprint density at radius 3 is 2.86 bits per heavy atom. The lowest BCUT2D eigenvalue weighted by Gasteiger charge is -2.11. The Labute approximate surface area is 120 Å². The third-order valence-corrected chi connectivity index (χ3v) is 2.76. The number of aromatic nitrogens is 3. The topological polar surface area (TPSA) is 106 Å². The number of carboxylic acids is 1. The Hall–Kier alpha value is -2.90. The maximum atomic E-state index is 11.9. The predicted molar refractivity (Wildman–Crippen MR) is 73.2 cm³/mol. The van der Waals surface area contributed by atoms with Crippen LogP contribution in [0.4, 0.5) is 5.69 Å². The van der Waals surface area contributed by atoms with Crippen molar-refractivity contribution in [3.63, 3.8) is 0 Å². The molecule has 0 radical (unpaired) electrons. The lowest BCUT2D eigenvalue weighted by molar-refractivity contribution is -0.116. The number of nitrogens with one attached hydrogen (secondary N) is 1. The van der Waals surface area contributed by atoms with Crippen LogP contribution in [0.3, 0.4) is 0 Å². The molecule has 1 heterocycles. The molecule has 8 heteroatoms. The minimum Gasteiger partial charge on any atom is -0.495 e. The summed E-state index contributed by atoms with van der Waals surface area (Å²) in [5.74, 6) is -0.948. The summed E-state index contributed by atoms with van der Waals surface area (Å²) >= 11 is 0. The van der Waals surface area contributed by atoms with E-state index < -0.39 is 5.97 Å². The number of methoxy groups -OCH3 is 1. The Balaban J connectivity index is 2.04. The molecule has 1 aromatic heterocycles. The molecule has 2 N–H and O–H groups in total. The van der Waals surface area contributed by atoms with E-state index in [0.717, 1.165) is 0 Å². The first-order valence-corrected chi connectivity index (χ1v) is 6.15. The minimum atomic E-state index is -1.07. The number of hydrogen-bond acceptors (Lipinski definition) is 5. The zero-order valence-electron chi connectivity index (χ0n) is 11.3. The van der Waals surface area contributed by atoms with E-state index in [-0.39, 0.29) is 17.9 Å². The van der Waals surface area contributed by atoms with Gasteiger partial charge in [0.15, 0.2) is 0 Å². The van der Waals surface area contributed by atoms with E-state index in [9.17, 15) is 9.59 Å². The first-order valence-electron chi connectivity index (χ1n) is 6.15. The normalized spacial score (nSPS) is 10.1. The van der Waals surface area contributed by atoms with E-state index in [2.05, 4.69) is 15.6 Å². The second kappa shape index (κ2) is 6.51. The minimum absolute atomic E-state index is 0.0716. The summed E-state index contributed by atoms with van der Waals surface area (Å²) < 4.78 is 6.63. The molecule has 21 heavy (non-hydrogen) atoms. The van der Waals surface area contributed by atoms with Crippen molar-refractivity contribution in [2.45, 2.75) is 13.0 Å². The van der Waals surface area contributed by atoms with Gasteiger partial charge in [0.25, 0.3) is 0 Å². The summed E-state index contributed by atoms with van der Waals surface area (Å²) in [7, 11) is 1.45. The maximum absolute atomic E-state index is 11.9. The molecule has 1 amide bonds. The SMILES string of the molecule is COc1ccc(C(=O)O)cc1NC(=O)CCn1ccnn1. The second-order valence-corrected chi connectivity index (χ2v) is 4.18. The van der Waals surface area contributed by atoms with Crippen LogP contribution in [-0.2, 0) is 11.3 Å². The van der Waals surface area contributed by atoms with Gasteiger partial charge >= 0.3 is 5.97 Å². The van der Waals surface area contributed by atoms with Gasteiger partial charge in [0.1, 0.15) is 5.75 Å². The number of carboxylic acid groups (broad SMARTS) is 1. The van der Waals surface area contributed by atoms with Crippen LogP contribution >= 0.6 is 0 Å². The molecule has 2 aromatic rings. The molecule has 2 rings (SSSR count). The standard InChI is InChI=1S/C13H14N4O4/c1-21-11-3-2-9(13(19)20)8-10(11)15-12(18)4-6-17-7-5-14-16-17/h2-3,5,7-8H,4,6H2,1H3,(H,15,18)(H,19,20). The molecule has 0 fully saturated rings. The highest BCUT2D eigenvalue weighted by Crippen LogP contribution is 2.25. The Morgan fingerprint density at radius 1 is 1.43 bits per heavy atom. The number of carbonyl (C=O) groups excluding carboxylic acids is 1. The van der Waals surface area contributed by atoms with E-state index in [4.69, 9.17) is 9.84 Å². The second-order valence-electron chi connectivity index (χ2n) is 4.18. The number of aryl methyl sites for hydroxylation is 1. The van der Waals surface area contributed by atoms with Crippen LogP contribution < -0.4 is 10.1 Å². The van der Waals surface area contributed by atoms with Gasteiger partial charge in [0.2, 0.25) is 5.91 Å². The lowest BCUT2D eigenvalue weighted by Crippen LogP contribution is -2.15. The highest BCUT2D eigenvalue weighted by molar-refractivity contribution is 5.95. The van der Waals surface area contributed by atoms with Crippen molar-refractivity contribution in [1.82, 2.24) is 15.0 Å². The summed E-state index contributed by atoms with van der Waals surface area (Å²) in [6.07, 6.45) is 3.36. The third kappa shape index (κ3) is 3.78. The molecule has 0 saturated carbocycles. The van der Waals surface area contributed by atoms with E-state index in [1.165, 1.54) is 36.2 Å². The number of anilines is 1. The Bertz CT molecular complexity index is 640. The quantitative estimate of drug-likeness (QED) is 0.822. The van der Waals surface area contributed by atoms with Crippen LogP contribution in [-0.4, -0.2) is 39.1 Å². The fourth-order valence-electron chi connectivity index (χ4n) is 1.72. The first-order chi connectivity index (χ1) is 10.1. The molecule has 0 aliphatic carbocycles. The number of hydrogen-bond donors (Lipinski definition) is 2. The number of nitrogens with zero attached hydrogens (tertiary/aromatic N) is 3. The fraction of sp³-hybridized carbons (Fsp3) is 0.231. The number of amides is 1. The lowest BCUT2D eigenvalue weighted by atomic mass is 10.2. The van der Waals surface area contributed by atoms with Crippen LogP contribution in [0.2, 0.25) is 0 Å². The predicted octanol–water partition coefficient (Wildman–Crippen LogP) is 1.01. The summed E-state index contributed by atoms with van der Waals surface area (Å²) in [5.41, 5.74) is 0.392. The molecular weight excluding hydrogens is 276 g/mol. The van der Waals surface area contributed by atoms with Crippen molar-refractivity contribution in [3.8, 4) is 5.75 Å². The van der Waals surface area contributed by atoms with Gasteiger partial charge in [-0.1, -0.05) is 5.21 Å². The molecule has 0 atom stereocenters.